The average Bonchev–Trinajstić information content (AvgIpc) is 3.37. The van der Waals surface area contributed by atoms with Gasteiger partial charge in [-0.3, -0.25) is 14.2 Å². The molecule has 0 unspecified atom stereocenters. The second-order valence-corrected chi connectivity index (χ2v) is 9.40. The van der Waals surface area contributed by atoms with Crippen LogP contribution in [0, 0.1) is 19.7 Å². The summed E-state index contributed by atoms with van der Waals surface area (Å²) in [6.07, 6.45) is 0. The van der Waals surface area contributed by atoms with E-state index in [9.17, 15) is 14.0 Å². The van der Waals surface area contributed by atoms with Crippen LogP contribution in [0.1, 0.15) is 51.8 Å². The predicted molar refractivity (Wildman–Crippen MR) is 132 cm³/mol. The van der Waals surface area contributed by atoms with E-state index in [2.05, 4.69) is 15.2 Å². The summed E-state index contributed by atoms with van der Waals surface area (Å²) in [5.41, 5.74) is 3.08. The Kier molecular flexibility index (Phi) is 7.16. The first-order valence-corrected chi connectivity index (χ1v) is 11.9. The van der Waals surface area contributed by atoms with E-state index in [-0.39, 0.29) is 23.9 Å². The third-order valence-corrected chi connectivity index (χ3v) is 6.64. The minimum atomic E-state index is -0.515. The summed E-state index contributed by atoms with van der Waals surface area (Å²) in [6, 6.07) is 15.6. The second-order valence-electron chi connectivity index (χ2n) is 8.09. The molecule has 0 bridgehead atoms. The van der Waals surface area contributed by atoms with Crippen LogP contribution in [0.25, 0.3) is 5.69 Å². The number of carbonyl (C=O) groups excluding carboxylic acids is 2. The maximum Gasteiger partial charge on any atom is 0.196 e. The van der Waals surface area contributed by atoms with Crippen LogP contribution >= 0.6 is 11.8 Å². The Morgan fingerprint density at radius 3 is 2.43 bits per heavy atom. The Labute approximate surface area is 206 Å². The van der Waals surface area contributed by atoms with Gasteiger partial charge in [-0.1, -0.05) is 42.1 Å². The largest absolute Gasteiger partial charge is 0.483 e. The molecule has 4 rings (SSSR count). The summed E-state index contributed by atoms with van der Waals surface area (Å²) in [5, 5.41) is 8.55. The van der Waals surface area contributed by atoms with Crippen molar-refractivity contribution in [2.75, 3.05) is 0 Å². The standard InChI is InChI=1S/C26H25FN4O3S/c1-15-23(17(3)32)16(2)28-24(15)25(33)18(4)35-26-30-29-22(31(26)19-10-6-5-7-11-19)14-34-21-13-9-8-12-20(21)27/h5-13,18,28H,14H2,1-4H3/t18-/m0/s1. The highest BCUT2D eigenvalue weighted by atomic mass is 32.2. The Hall–Kier alpha value is -3.72. The van der Waals surface area contributed by atoms with Gasteiger partial charge in [0.15, 0.2) is 34.1 Å². The molecule has 2 aromatic carbocycles. The van der Waals surface area contributed by atoms with Gasteiger partial charge >= 0.3 is 0 Å². The van der Waals surface area contributed by atoms with Crippen molar-refractivity contribution in [2.45, 2.75) is 44.7 Å². The molecule has 4 aromatic rings. The summed E-state index contributed by atoms with van der Waals surface area (Å²) < 4.78 is 21.5. The normalized spacial score (nSPS) is 11.9. The van der Waals surface area contributed by atoms with Gasteiger partial charge in [-0.05, 0) is 57.5 Å². The van der Waals surface area contributed by atoms with Gasteiger partial charge in [0.2, 0.25) is 0 Å². The van der Waals surface area contributed by atoms with Gasteiger partial charge in [0.05, 0.1) is 10.9 Å². The van der Waals surface area contributed by atoms with Crippen molar-refractivity contribution in [3.05, 3.63) is 88.8 Å². The summed E-state index contributed by atoms with van der Waals surface area (Å²) >= 11 is 1.25. The number of hydrogen-bond acceptors (Lipinski definition) is 6. The number of nitrogens with one attached hydrogen (secondary N) is 1. The fourth-order valence-corrected chi connectivity index (χ4v) is 4.90. The summed E-state index contributed by atoms with van der Waals surface area (Å²) in [7, 11) is 0. The van der Waals surface area contributed by atoms with Gasteiger partial charge in [-0.2, -0.15) is 0 Å². The zero-order valence-electron chi connectivity index (χ0n) is 19.8. The number of hydrogen-bond donors (Lipinski definition) is 1. The maximum absolute atomic E-state index is 14.0. The Bertz CT molecular complexity index is 1380. The highest BCUT2D eigenvalue weighted by molar-refractivity contribution is 8.00. The number of Topliss-reactive ketones (excluding diaryl/α,β-unsaturated/α-hetero) is 2. The number of H-pyrrole nitrogens is 1. The van der Waals surface area contributed by atoms with Crippen molar-refractivity contribution >= 4 is 23.3 Å². The number of ether oxygens (including phenoxy) is 1. The minimum Gasteiger partial charge on any atom is -0.483 e. The molecule has 9 heteroatoms. The van der Waals surface area contributed by atoms with Crippen LogP contribution < -0.4 is 4.74 Å². The number of benzene rings is 2. The molecule has 0 radical (unpaired) electrons. The molecular weight excluding hydrogens is 467 g/mol. The fourth-order valence-electron chi connectivity index (χ4n) is 3.95. The van der Waals surface area contributed by atoms with Crippen molar-refractivity contribution < 1.29 is 18.7 Å². The van der Waals surface area contributed by atoms with Crippen LogP contribution in [0.2, 0.25) is 0 Å². The smallest absolute Gasteiger partial charge is 0.196 e. The van der Waals surface area contributed by atoms with Crippen molar-refractivity contribution in [1.29, 1.82) is 0 Å². The zero-order chi connectivity index (χ0) is 25.1. The summed E-state index contributed by atoms with van der Waals surface area (Å²) in [5.74, 6) is -0.110. The lowest BCUT2D eigenvalue weighted by Gasteiger charge is -2.13. The monoisotopic (exact) mass is 492 g/mol. The Morgan fingerprint density at radius 2 is 1.77 bits per heavy atom. The molecule has 0 saturated heterocycles. The molecule has 35 heavy (non-hydrogen) atoms. The molecule has 0 aliphatic heterocycles. The Balaban J connectivity index is 1.62. The molecule has 0 fully saturated rings. The number of thioether (sulfide) groups is 1. The number of para-hydroxylation sites is 2. The number of aromatic amines is 1. The van der Waals surface area contributed by atoms with E-state index >= 15 is 0 Å². The second kappa shape index (κ2) is 10.3. The van der Waals surface area contributed by atoms with E-state index < -0.39 is 11.1 Å². The third kappa shape index (κ3) is 5.05. The quantitative estimate of drug-likeness (QED) is 0.245. The molecule has 180 valence electrons. The first-order chi connectivity index (χ1) is 16.8. The number of halogens is 1. The molecule has 2 heterocycles. The Morgan fingerprint density at radius 1 is 1.09 bits per heavy atom. The molecule has 0 saturated carbocycles. The lowest BCUT2D eigenvalue weighted by molar-refractivity contribution is 0.0988. The van der Waals surface area contributed by atoms with Gasteiger partial charge in [0.25, 0.3) is 0 Å². The van der Waals surface area contributed by atoms with Crippen LogP contribution in [0.5, 0.6) is 5.75 Å². The van der Waals surface area contributed by atoms with Gasteiger partial charge in [-0.15, -0.1) is 10.2 Å². The lowest BCUT2D eigenvalue weighted by Crippen LogP contribution is -2.16. The number of nitrogens with zero attached hydrogens (tertiary/aromatic N) is 3. The number of aryl methyl sites for hydroxylation is 1. The molecule has 0 spiro atoms. The molecule has 0 amide bonds. The first-order valence-electron chi connectivity index (χ1n) is 11.1. The van der Waals surface area contributed by atoms with E-state index in [0.717, 1.165) is 5.69 Å². The topological polar surface area (TPSA) is 89.9 Å². The van der Waals surface area contributed by atoms with Gasteiger partial charge in [-0.25, -0.2) is 4.39 Å². The average molecular weight is 493 g/mol. The molecule has 1 N–H and O–H groups in total. The van der Waals surface area contributed by atoms with E-state index in [0.29, 0.717) is 33.5 Å². The van der Waals surface area contributed by atoms with Crippen LogP contribution in [0.15, 0.2) is 59.8 Å². The van der Waals surface area contributed by atoms with Crippen LogP contribution in [0.3, 0.4) is 0 Å². The molecule has 1 atom stereocenters. The van der Waals surface area contributed by atoms with Crippen molar-refractivity contribution in [1.82, 2.24) is 19.7 Å². The number of aromatic nitrogens is 4. The molecule has 7 nitrogen and oxygen atoms in total. The molecular formula is C26H25FN4O3S. The van der Waals surface area contributed by atoms with Crippen molar-refractivity contribution in [3.63, 3.8) is 0 Å². The molecule has 0 aliphatic rings. The number of rotatable bonds is 9. The van der Waals surface area contributed by atoms with Crippen LogP contribution in [0.4, 0.5) is 4.39 Å². The highest BCUT2D eigenvalue weighted by Crippen LogP contribution is 2.30. The van der Waals surface area contributed by atoms with Crippen molar-refractivity contribution in [3.8, 4) is 11.4 Å². The summed E-state index contributed by atoms with van der Waals surface area (Å²) in [4.78, 5) is 28.3. The summed E-state index contributed by atoms with van der Waals surface area (Å²) in [6.45, 7) is 6.82. The first kappa shape index (κ1) is 24.4. The van der Waals surface area contributed by atoms with Crippen LogP contribution in [-0.2, 0) is 6.61 Å². The van der Waals surface area contributed by atoms with Gasteiger partial charge in [0, 0.05) is 16.9 Å². The third-order valence-electron chi connectivity index (χ3n) is 5.60. The van der Waals surface area contributed by atoms with E-state index in [1.54, 1.807) is 43.5 Å². The molecule has 2 aromatic heterocycles. The van der Waals surface area contributed by atoms with Crippen molar-refractivity contribution in [2.24, 2.45) is 0 Å². The minimum absolute atomic E-state index is 0.0113. The highest BCUT2D eigenvalue weighted by Gasteiger charge is 2.26. The van der Waals surface area contributed by atoms with E-state index in [1.807, 2.05) is 30.3 Å². The number of carbonyl (C=O) groups is 2. The predicted octanol–water partition coefficient (Wildman–Crippen LogP) is 5.50. The maximum atomic E-state index is 14.0. The molecule has 0 aliphatic carbocycles. The lowest BCUT2D eigenvalue weighted by atomic mass is 10.0. The van der Waals surface area contributed by atoms with E-state index in [4.69, 9.17) is 4.74 Å². The number of ketones is 2. The van der Waals surface area contributed by atoms with Gasteiger partial charge in [0.1, 0.15) is 6.61 Å². The SMILES string of the molecule is CC(=O)c1c(C)[nH]c(C(=O)[C@H](C)Sc2nnc(COc3ccccc3F)n2-c2ccccc2)c1C. The van der Waals surface area contributed by atoms with E-state index in [1.165, 1.54) is 24.8 Å². The zero-order valence-corrected chi connectivity index (χ0v) is 20.6. The van der Waals surface area contributed by atoms with Gasteiger partial charge < -0.3 is 9.72 Å². The van der Waals surface area contributed by atoms with Crippen LogP contribution in [-0.4, -0.2) is 36.6 Å². The fraction of sp³-hybridized carbons (Fsp3) is 0.231.